The molecule has 0 spiro atoms. The Kier molecular flexibility index (Phi) is 9.66. The zero-order valence-corrected chi connectivity index (χ0v) is 21.2. The Hall–Kier alpha value is -1.56. The lowest BCUT2D eigenvalue weighted by Gasteiger charge is -2.32. The van der Waals surface area contributed by atoms with Crippen molar-refractivity contribution in [3.8, 4) is 0 Å². The van der Waals surface area contributed by atoms with E-state index in [0.29, 0.717) is 0 Å². The Labute approximate surface area is 192 Å². The molecule has 3 aromatic rings. The van der Waals surface area contributed by atoms with Crippen LogP contribution in [0.1, 0.15) is 20.3 Å². The van der Waals surface area contributed by atoms with Crippen LogP contribution < -0.4 is 15.9 Å². The molecule has 0 amide bonds. The van der Waals surface area contributed by atoms with E-state index in [-0.39, 0.29) is 0 Å². The van der Waals surface area contributed by atoms with Crippen LogP contribution in [0.25, 0.3) is 0 Å². The van der Waals surface area contributed by atoms with Crippen LogP contribution in [0.15, 0.2) is 116 Å². The predicted octanol–water partition coefficient (Wildman–Crippen LogP) is 7.00. The van der Waals surface area contributed by atoms with Crippen LogP contribution in [0.3, 0.4) is 0 Å². The summed E-state index contributed by atoms with van der Waals surface area (Å²) >= 11 is 12.9. The second-order valence-corrected chi connectivity index (χ2v) is 17.0. The highest BCUT2D eigenvalue weighted by Gasteiger charge is 2.32. The van der Waals surface area contributed by atoms with Crippen molar-refractivity contribution in [2.75, 3.05) is 5.90 Å². The molecule has 0 bridgehead atoms. The largest absolute Gasteiger partial charge is 0.103 e. The Morgan fingerprint density at radius 2 is 1.10 bits per heavy atom. The molecule has 4 heteroatoms. The highest BCUT2D eigenvalue weighted by molar-refractivity contribution is 8.31. The predicted molar refractivity (Wildman–Crippen MR) is 147 cm³/mol. The molecule has 0 radical (unpaired) electrons. The van der Waals surface area contributed by atoms with Crippen LogP contribution in [0.4, 0.5) is 0 Å². The fourth-order valence-corrected chi connectivity index (χ4v) is 16.6. The van der Waals surface area contributed by atoms with Gasteiger partial charge in [-0.2, -0.15) is 0 Å². The molecular formula is C26H30P2S2. The lowest BCUT2D eigenvalue weighted by Crippen LogP contribution is -2.21. The minimum Gasteiger partial charge on any atom is -0.103 e. The van der Waals surface area contributed by atoms with Gasteiger partial charge < -0.3 is 0 Å². The van der Waals surface area contributed by atoms with Gasteiger partial charge in [0.2, 0.25) is 0 Å². The number of rotatable bonds is 7. The molecule has 0 heterocycles. The van der Waals surface area contributed by atoms with E-state index in [1.165, 1.54) is 21.2 Å². The summed E-state index contributed by atoms with van der Waals surface area (Å²) in [6.07, 6.45) is 2.64. The second kappa shape index (κ2) is 11.7. The third kappa shape index (κ3) is 5.77. The molecule has 3 aromatic carbocycles. The normalized spacial score (nSPS) is 12.7. The number of allylic oxidation sites excluding steroid dienone is 2. The summed E-state index contributed by atoms with van der Waals surface area (Å²) in [5.74, 6) is 0.829. The fourth-order valence-electron chi connectivity index (χ4n) is 3.22. The monoisotopic (exact) mass is 468 g/mol. The molecule has 0 N–H and O–H groups in total. The topological polar surface area (TPSA) is 0 Å². The first-order valence-electron chi connectivity index (χ1n) is 10.0. The third-order valence-corrected chi connectivity index (χ3v) is 17.5. The Morgan fingerprint density at radius 3 is 1.43 bits per heavy atom. The van der Waals surface area contributed by atoms with Gasteiger partial charge in [0.1, 0.15) is 0 Å². The van der Waals surface area contributed by atoms with Crippen molar-refractivity contribution in [3.05, 3.63) is 116 Å². The smallest absolute Gasteiger partial charge is 0.0210 e. The van der Waals surface area contributed by atoms with E-state index in [2.05, 4.69) is 92.9 Å². The van der Waals surface area contributed by atoms with Crippen molar-refractivity contribution in [2.24, 2.45) is 0 Å². The van der Waals surface area contributed by atoms with Crippen LogP contribution in [0, 0.1) is 0 Å². The molecule has 0 saturated carbocycles. The van der Waals surface area contributed by atoms with Crippen LogP contribution in [0.5, 0.6) is 0 Å². The molecule has 0 saturated heterocycles. The minimum atomic E-state index is -2.06. The molecule has 156 valence electrons. The van der Waals surface area contributed by atoms with Crippen molar-refractivity contribution >= 4 is 51.6 Å². The highest BCUT2D eigenvalue weighted by atomic mass is 32.5. The molecule has 0 aliphatic heterocycles. The van der Waals surface area contributed by atoms with Crippen molar-refractivity contribution in [3.63, 3.8) is 0 Å². The van der Waals surface area contributed by atoms with Gasteiger partial charge in [-0.1, -0.05) is 134 Å². The van der Waals surface area contributed by atoms with Gasteiger partial charge in [0.15, 0.2) is 0 Å². The van der Waals surface area contributed by atoms with E-state index in [4.69, 9.17) is 23.6 Å². The first kappa shape index (κ1) is 24.7. The van der Waals surface area contributed by atoms with E-state index >= 15 is 0 Å². The maximum absolute atomic E-state index is 6.48. The van der Waals surface area contributed by atoms with E-state index in [0.717, 1.165) is 12.3 Å². The van der Waals surface area contributed by atoms with Crippen LogP contribution in [-0.2, 0) is 23.6 Å². The summed E-state index contributed by atoms with van der Waals surface area (Å²) in [6, 6.07) is 27.6. The van der Waals surface area contributed by atoms with Gasteiger partial charge in [-0.3, -0.25) is 0 Å². The van der Waals surface area contributed by atoms with Gasteiger partial charge in [0.05, 0.1) is 0 Å². The molecule has 0 nitrogen and oxygen atoms in total. The first-order chi connectivity index (χ1) is 14.4. The lowest BCUT2D eigenvalue weighted by molar-refractivity contribution is 1.20. The molecule has 1 unspecified atom stereocenters. The van der Waals surface area contributed by atoms with Gasteiger partial charge in [0.25, 0.3) is 0 Å². The summed E-state index contributed by atoms with van der Waals surface area (Å²) in [6.45, 7) is 11.8. The molecule has 1 atom stereocenters. The maximum atomic E-state index is 6.48. The van der Waals surface area contributed by atoms with E-state index in [1.54, 1.807) is 6.08 Å². The zero-order valence-electron chi connectivity index (χ0n) is 17.8. The molecule has 30 heavy (non-hydrogen) atoms. The number of benzene rings is 3. The third-order valence-electron chi connectivity index (χ3n) is 4.84. The minimum absolute atomic E-state index is 0.829. The zero-order chi connectivity index (χ0) is 22.0. The average molecular weight is 469 g/mol. The lowest BCUT2D eigenvalue weighted by atomic mass is 10.4. The van der Waals surface area contributed by atoms with E-state index < -0.39 is 12.1 Å². The summed E-state index contributed by atoms with van der Waals surface area (Å²) in [7, 11) is 0. The SMILES string of the molecule is C=C(CC)P(=S)(CP(=S)(c1ccccc1)c1ccccc1)c1ccccc1.C=CC. The molecular weight excluding hydrogens is 438 g/mol. The molecule has 0 aliphatic rings. The first-order valence-corrected chi connectivity index (χ1v) is 16.0. The number of hydrogen-bond acceptors (Lipinski definition) is 2. The van der Waals surface area contributed by atoms with Crippen molar-refractivity contribution in [1.29, 1.82) is 0 Å². The van der Waals surface area contributed by atoms with Crippen LogP contribution in [-0.4, -0.2) is 5.90 Å². The van der Waals surface area contributed by atoms with Gasteiger partial charge in [-0.25, -0.2) is 0 Å². The van der Waals surface area contributed by atoms with Crippen LogP contribution >= 0.6 is 12.1 Å². The van der Waals surface area contributed by atoms with Crippen LogP contribution in [0.2, 0.25) is 0 Å². The van der Waals surface area contributed by atoms with E-state index in [9.17, 15) is 0 Å². The molecule has 0 aromatic heterocycles. The van der Waals surface area contributed by atoms with E-state index in [1.807, 2.05) is 25.1 Å². The van der Waals surface area contributed by atoms with Crippen molar-refractivity contribution in [2.45, 2.75) is 20.3 Å². The second-order valence-electron chi connectivity index (χ2n) is 6.96. The Bertz CT molecular complexity index is 999. The summed E-state index contributed by atoms with van der Waals surface area (Å²) in [4.78, 5) is 0. The maximum Gasteiger partial charge on any atom is 0.0210 e. The van der Waals surface area contributed by atoms with Gasteiger partial charge >= 0.3 is 0 Å². The summed E-state index contributed by atoms with van der Waals surface area (Å²) < 4.78 is 0. The Morgan fingerprint density at radius 1 is 0.767 bits per heavy atom. The summed E-state index contributed by atoms with van der Waals surface area (Å²) in [5, 5.41) is 4.87. The van der Waals surface area contributed by atoms with Gasteiger partial charge in [-0.05, 0) is 34.6 Å². The Balaban J connectivity index is 0.00000101. The van der Waals surface area contributed by atoms with Crippen molar-refractivity contribution < 1.29 is 0 Å². The summed E-state index contributed by atoms with van der Waals surface area (Å²) in [5.41, 5.74) is 0. The van der Waals surface area contributed by atoms with Crippen molar-refractivity contribution in [1.82, 2.24) is 0 Å². The fraction of sp³-hybridized carbons (Fsp3) is 0.154. The molecule has 0 aliphatic carbocycles. The quantitative estimate of drug-likeness (QED) is 0.271. The molecule has 3 rings (SSSR count). The average Bonchev–Trinajstić information content (AvgIpc) is 2.80. The highest BCUT2D eigenvalue weighted by Crippen LogP contribution is 2.64. The van der Waals surface area contributed by atoms with Gasteiger partial charge in [-0.15, -0.1) is 6.58 Å². The molecule has 0 fully saturated rings. The standard InChI is InChI=1S/C23H24P2S2.C3H6/c1-3-20(2)24(26,21-13-7-4-8-14-21)19-25(27,22-15-9-5-10-16-22)23-17-11-6-12-18-23;1-3-2/h4-18H,2-3,19H2,1H3;3H,1H2,2H3. The number of hydrogen-bond donors (Lipinski definition) is 0. The van der Waals surface area contributed by atoms with Gasteiger partial charge in [0, 0.05) is 18.0 Å².